The van der Waals surface area contributed by atoms with E-state index in [2.05, 4.69) is 0 Å². The predicted molar refractivity (Wildman–Crippen MR) is 138 cm³/mol. The predicted octanol–water partition coefficient (Wildman–Crippen LogP) is 3.47. The van der Waals surface area contributed by atoms with Crippen molar-refractivity contribution in [2.75, 3.05) is 60.5 Å². The van der Waals surface area contributed by atoms with Crippen LogP contribution < -0.4 is 0 Å². The molecular formula is C26H50O13. The summed E-state index contributed by atoms with van der Waals surface area (Å²) in [6.07, 6.45) is -0.699. The molecule has 0 bridgehead atoms. The molecule has 2 unspecified atom stereocenters. The molecule has 0 N–H and O–H groups in total. The van der Waals surface area contributed by atoms with Crippen LogP contribution >= 0.6 is 0 Å². The van der Waals surface area contributed by atoms with Crippen molar-refractivity contribution in [1.82, 2.24) is 0 Å². The molecule has 232 valence electrons. The van der Waals surface area contributed by atoms with Gasteiger partial charge in [0.1, 0.15) is 0 Å². The molecule has 0 rings (SSSR count). The van der Waals surface area contributed by atoms with Crippen LogP contribution in [0.5, 0.6) is 0 Å². The summed E-state index contributed by atoms with van der Waals surface area (Å²) in [6, 6.07) is 0. The largest absolute Gasteiger partial charge is 0.427 e. The second-order valence-electron chi connectivity index (χ2n) is 7.69. The summed E-state index contributed by atoms with van der Waals surface area (Å²) in [5.41, 5.74) is 0. The smallest absolute Gasteiger partial charge is 0.416 e. The summed E-state index contributed by atoms with van der Waals surface area (Å²) < 4.78 is 61.6. The molecule has 0 spiro atoms. The van der Waals surface area contributed by atoms with Crippen molar-refractivity contribution in [3.8, 4) is 0 Å². The molecule has 0 amide bonds. The Kier molecular flexibility index (Phi) is 19.7. The molecule has 0 aliphatic heterocycles. The van der Waals surface area contributed by atoms with Crippen LogP contribution in [0.2, 0.25) is 0 Å². The number of rotatable bonds is 25. The molecule has 0 radical (unpaired) electrons. The van der Waals surface area contributed by atoms with Crippen LogP contribution in [0, 0.1) is 0 Å². The average Bonchev–Trinajstić information content (AvgIpc) is 2.90. The van der Waals surface area contributed by atoms with Crippen molar-refractivity contribution in [3.05, 3.63) is 0 Å². The monoisotopic (exact) mass is 570 g/mol. The maximum atomic E-state index is 12.8. The van der Waals surface area contributed by atoms with E-state index in [1.54, 1.807) is 48.5 Å². The van der Waals surface area contributed by atoms with E-state index in [0.717, 1.165) is 0 Å². The van der Waals surface area contributed by atoms with Gasteiger partial charge in [-0.3, -0.25) is 9.59 Å². The lowest BCUT2D eigenvalue weighted by Gasteiger charge is -2.44. The molecule has 0 aromatic rings. The van der Waals surface area contributed by atoms with Gasteiger partial charge in [0.05, 0.1) is 6.61 Å². The Morgan fingerprint density at radius 1 is 0.564 bits per heavy atom. The first-order valence-corrected chi connectivity index (χ1v) is 13.7. The van der Waals surface area contributed by atoms with Crippen LogP contribution in [0.25, 0.3) is 0 Å². The molecule has 0 saturated carbocycles. The molecule has 2 atom stereocenters. The zero-order chi connectivity index (χ0) is 29.8. The summed E-state index contributed by atoms with van der Waals surface area (Å²) in [7, 11) is 2.65. The molecule has 13 heteroatoms. The average molecular weight is 571 g/mol. The number of methoxy groups -OCH3 is 2. The van der Waals surface area contributed by atoms with Crippen molar-refractivity contribution in [3.63, 3.8) is 0 Å². The third-order valence-corrected chi connectivity index (χ3v) is 5.02. The summed E-state index contributed by atoms with van der Waals surface area (Å²) in [6.45, 7) is 13.5. The van der Waals surface area contributed by atoms with E-state index in [4.69, 9.17) is 52.1 Å². The van der Waals surface area contributed by atoms with Gasteiger partial charge >= 0.3 is 29.9 Å². The zero-order valence-electron chi connectivity index (χ0n) is 25.2. The fourth-order valence-corrected chi connectivity index (χ4v) is 3.67. The van der Waals surface area contributed by atoms with Gasteiger partial charge in [-0.2, -0.15) is 0 Å². The Labute approximate surface area is 232 Å². The molecule has 0 heterocycles. The number of ether oxygens (including phenoxy) is 11. The highest BCUT2D eigenvalue weighted by molar-refractivity contribution is 5.71. The SMILES string of the molecule is CCOC(OCC)(OCC)C(OC)OC(=O)CCCCC(=O)OC(OC)(OCC)C(OCC)(OCC)OCC. The lowest BCUT2D eigenvalue weighted by molar-refractivity contribution is -0.546. The van der Waals surface area contributed by atoms with Gasteiger partial charge in [-0.05, 0) is 61.3 Å². The summed E-state index contributed by atoms with van der Waals surface area (Å²) in [4.78, 5) is 25.4. The maximum absolute atomic E-state index is 12.8. The van der Waals surface area contributed by atoms with Crippen LogP contribution in [-0.4, -0.2) is 96.6 Å². The topological polar surface area (TPSA) is 136 Å². The number of hydrogen-bond acceptors (Lipinski definition) is 13. The van der Waals surface area contributed by atoms with Gasteiger partial charge in [0, 0.05) is 66.7 Å². The lowest BCUT2D eigenvalue weighted by atomic mass is 10.2. The summed E-state index contributed by atoms with van der Waals surface area (Å²) in [5.74, 6) is -7.00. The van der Waals surface area contributed by atoms with E-state index in [-0.39, 0.29) is 59.1 Å². The second-order valence-corrected chi connectivity index (χ2v) is 7.69. The van der Waals surface area contributed by atoms with Crippen molar-refractivity contribution in [2.24, 2.45) is 0 Å². The Bertz CT molecular complexity index is 626. The van der Waals surface area contributed by atoms with Crippen molar-refractivity contribution in [2.45, 2.75) is 98.4 Å². The first kappa shape index (κ1) is 37.6. The van der Waals surface area contributed by atoms with E-state index in [1.807, 2.05) is 0 Å². The van der Waals surface area contributed by atoms with Gasteiger partial charge in [0.2, 0.25) is 0 Å². The molecule has 0 fully saturated rings. The van der Waals surface area contributed by atoms with Crippen LogP contribution in [0.4, 0.5) is 0 Å². The molecule has 0 aromatic carbocycles. The molecule has 0 aliphatic rings. The Morgan fingerprint density at radius 2 is 0.949 bits per heavy atom. The maximum Gasteiger partial charge on any atom is 0.416 e. The summed E-state index contributed by atoms with van der Waals surface area (Å²) >= 11 is 0. The molecule has 0 aromatic heterocycles. The van der Waals surface area contributed by atoms with Gasteiger partial charge in [0.25, 0.3) is 6.29 Å². The fraction of sp³-hybridized carbons (Fsp3) is 0.923. The normalized spacial score (nSPS) is 14.6. The molecule has 0 aliphatic carbocycles. The third kappa shape index (κ3) is 11.2. The highest BCUT2D eigenvalue weighted by Gasteiger charge is 2.62. The molecule has 39 heavy (non-hydrogen) atoms. The Balaban J connectivity index is 5.28. The lowest BCUT2D eigenvalue weighted by Crippen LogP contribution is -2.64. The number of carbonyl (C=O) groups excluding carboxylic acids is 2. The van der Waals surface area contributed by atoms with Crippen LogP contribution in [-0.2, 0) is 61.7 Å². The van der Waals surface area contributed by atoms with Gasteiger partial charge in [0.15, 0.2) is 0 Å². The number of unbranched alkanes of at least 4 members (excludes halogenated alkanes) is 1. The van der Waals surface area contributed by atoms with Gasteiger partial charge in [-0.25, -0.2) is 0 Å². The van der Waals surface area contributed by atoms with Crippen molar-refractivity contribution >= 4 is 11.9 Å². The summed E-state index contributed by atoms with van der Waals surface area (Å²) in [5, 5.41) is 0. The number of esters is 2. The molecule has 0 saturated heterocycles. The minimum absolute atomic E-state index is 0.00471. The van der Waals surface area contributed by atoms with E-state index >= 15 is 0 Å². The van der Waals surface area contributed by atoms with Crippen LogP contribution in [0.15, 0.2) is 0 Å². The second kappa shape index (κ2) is 20.5. The third-order valence-electron chi connectivity index (χ3n) is 5.02. The standard InChI is InChI=1S/C26H50O13/c1-10-31-24(32-11-2,33-12-3)23(29-8)38-21(27)19-17-18-20-22(28)39-25(30-9,34-13-4)26(35-14-5,36-15-6)37-16-7/h23H,10-20H2,1-9H3. The number of carbonyl (C=O) groups is 2. The van der Waals surface area contributed by atoms with Crippen LogP contribution in [0.1, 0.15) is 74.1 Å². The Hall–Kier alpha value is -1.42. The van der Waals surface area contributed by atoms with E-state index < -0.39 is 36.1 Å². The zero-order valence-corrected chi connectivity index (χ0v) is 25.2. The first-order chi connectivity index (χ1) is 18.7. The first-order valence-electron chi connectivity index (χ1n) is 13.7. The quantitative estimate of drug-likeness (QED) is 0.0901. The van der Waals surface area contributed by atoms with Crippen molar-refractivity contribution in [1.29, 1.82) is 0 Å². The fourth-order valence-electron chi connectivity index (χ4n) is 3.67. The van der Waals surface area contributed by atoms with E-state index in [9.17, 15) is 9.59 Å². The van der Waals surface area contributed by atoms with Gasteiger partial charge < -0.3 is 52.1 Å². The van der Waals surface area contributed by atoms with E-state index in [1.165, 1.54) is 14.2 Å². The minimum Gasteiger partial charge on any atom is -0.427 e. The van der Waals surface area contributed by atoms with Gasteiger partial charge in [-0.1, -0.05) is 0 Å². The highest BCUT2D eigenvalue weighted by Crippen LogP contribution is 2.36. The highest BCUT2D eigenvalue weighted by atomic mass is 17.0. The van der Waals surface area contributed by atoms with Gasteiger partial charge in [-0.15, -0.1) is 0 Å². The molecular weight excluding hydrogens is 520 g/mol. The van der Waals surface area contributed by atoms with Crippen molar-refractivity contribution < 1.29 is 61.7 Å². The van der Waals surface area contributed by atoms with E-state index in [0.29, 0.717) is 12.8 Å². The molecule has 13 nitrogen and oxygen atoms in total. The van der Waals surface area contributed by atoms with Crippen LogP contribution in [0.3, 0.4) is 0 Å². The Morgan fingerprint density at radius 3 is 1.31 bits per heavy atom. The minimum atomic E-state index is -2.12. The number of hydrogen-bond donors (Lipinski definition) is 0.